The monoisotopic (exact) mass is 457 g/mol. The fraction of sp³-hybridized carbons (Fsp3) is 0.214. The number of methoxy groups -OCH3 is 1. The van der Waals surface area contributed by atoms with Crippen LogP contribution in [0.1, 0.15) is 36.1 Å². The van der Waals surface area contributed by atoms with Crippen LogP contribution in [0.4, 0.5) is 0 Å². The molecule has 1 aliphatic rings. The van der Waals surface area contributed by atoms with Crippen molar-refractivity contribution in [1.82, 2.24) is 5.32 Å². The minimum Gasteiger partial charge on any atom is -0.496 e. The van der Waals surface area contributed by atoms with E-state index in [0.29, 0.717) is 29.9 Å². The fourth-order valence-corrected chi connectivity index (χ4v) is 3.88. The maximum absolute atomic E-state index is 13.2. The Morgan fingerprint density at radius 2 is 1.71 bits per heavy atom. The molecule has 6 heteroatoms. The van der Waals surface area contributed by atoms with Crippen molar-refractivity contribution in [3.8, 4) is 11.5 Å². The molecule has 2 atom stereocenters. The van der Waals surface area contributed by atoms with Gasteiger partial charge in [0.05, 0.1) is 25.3 Å². The standard InChI is InChI=1S/C28H27NO5/c1-19(27(30)29-24-16-17-33-26-15-9-7-13-22(24)26)34-28(31)23(20-10-4-3-5-11-20)18-21-12-6-8-14-25(21)32-2/h3-15,18-19,24H,16-17H2,1-2H3,(H,29,30)/b23-18+. The Labute approximate surface area is 199 Å². The molecule has 0 radical (unpaired) electrons. The molecule has 0 saturated carbocycles. The third kappa shape index (κ3) is 5.29. The Kier molecular flexibility index (Phi) is 7.28. The lowest BCUT2D eigenvalue weighted by Gasteiger charge is -2.27. The van der Waals surface area contributed by atoms with Gasteiger partial charge in [-0.15, -0.1) is 0 Å². The number of carbonyl (C=O) groups excluding carboxylic acids is 2. The zero-order chi connectivity index (χ0) is 23.9. The van der Waals surface area contributed by atoms with Gasteiger partial charge in [0.25, 0.3) is 5.91 Å². The van der Waals surface area contributed by atoms with Crippen LogP contribution in [0, 0.1) is 0 Å². The molecule has 34 heavy (non-hydrogen) atoms. The largest absolute Gasteiger partial charge is 0.496 e. The third-order valence-electron chi connectivity index (χ3n) is 5.67. The van der Waals surface area contributed by atoms with Crippen molar-refractivity contribution < 1.29 is 23.8 Å². The van der Waals surface area contributed by atoms with Crippen molar-refractivity contribution in [3.05, 3.63) is 95.6 Å². The maximum atomic E-state index is 13.2. The molecule has 1 N–H and O–H groups in total. The lowest BCUT2D eigenvalue weighted by Crippen LogP contribution is -2.39. The van der Waals surface area contributed by atoms with E-state index in [9.17, 15) is 9.59 Å². The maximum Gasteiger partial charge on any atom is 0.339 e. The van der Waals surface area contributed by atoms with E-state index in [1.54, 1.807) is 20.1 Å². The van der Waals surface area contributed by atoms with Gasteiger partial charge in [0, 0.05) is 17.5 Å². The minimum absolute atomic E-state index is 0.198. The normalized spacial score (nSPS) is 15.9. The number of hydrogen-bond acceptors (Lipinski definition) is 5. The summed E-state index contributed by atoms with van der Waals surface area (Å²) in [5, 5.41) is 2.99. The van der Waals surface area contributed by atoms with Gasteiger partial charge in [0.2, 0.25) is 0 Å². The van der Waals surface area contributed by atoms with Crippen LogP contribution >= 0.6 is 0 Å². The first-order valence-electron chi connectivity index (χ1n) is 11.2. The van der Waals surface area contributed by atoms with Gasteiger partial charge in [0.1, 0.15) is 11.5 Å². The van der Waals surface area contributed by atoms with Crippen molar-refractivity contribution in [1.29, 1.82) is 0 Å². The Morgan fingerprint density at radius 1 is 1.00 bits per heavy atom. The lowest BCUT2D eigenvalue weighted by atomic mass is 10.0. The van der Waals surface area contributed by atoms with Crippen molar-refractivity contribution in [2.45, 2.75) is 25.5 Å². The zero-order valence-corrected chi connectivity index (χ0v) is 19.2. The molecule has 4 rings (SSSR count). The first kappa shape index (κ1) is 23.1. The van der Waals surface area contributed by atoms with Crippen LogP contribution in [-0.2, 0) is 14.3 Å². The summed E-state index contributed by atoms with van der Waals surface area (Å²) in [5.41, 5.74) is 2.67. The first-order chi connectivity index (χ1) is 16.6. The highest BCUT2D eigenvalue weighted by molar-refractivity contribution is 6.22. The second-order valence-corrected chi connectivity index (χ2v) is 7.95. The number of nitrogens with one attached hydrogen (secondary N) is 1. The van der Waals surface area contributed by atoms with Crippen molar-refractivity contribution in [2.24, 2.45) is 0 Å². The van der Waals surface area contributed by atoms with Gasteiger partial charge >= 0.3 is 5.97 Å². The molecule has 2 unspecified atom stereocenters. The van der Waals surface area contributed by atoms with Crippen LogP contribution in [0.2, 0.25) is 0 Å². The number of ether oxygens (including phenoxy) is 3. The average molecular weight is 458 g/mol. The number of rotatable bonds is 7. The van der Waals surface area contributed by atoms with Gasteiger partial charge in [0.15, 0.2) is 6.10 Å². The number of fused-ring (bicyclic) bond motifs is 1. The topological polar surface area (TPSA) is 73.9 Å². The summed E-state index contributed by atoms with van der Waals surface area (Å²) in [6, 6.07) is 24.0. The van der Waals surface area contributed by atoms with E-state index in [-0.39, 0.29) is 11.9 Å². The Bertz CT molecular complexity index is 1190. The van der Waals surface area contributed by atoms with Gasteiger partial charge in [-0.2, -0.15) is 0 Å². The van der Waals surface area contributed by atoms with E-state index < -0.39 is 12.1 Å². The van der Waals surface area contributed by atoms with E-state index in [0.717, 1.165) is 16.9 Å². The van der Waals surface area contributed by atoms with Gasteiger partial charge in [-0.1, -0.05) is 66.7 Å². The molecule has 1 aliphatic heterocycles. The third-order valence-corrected chi connectivity index (χ3v) is 5.67. The molecule has 3 aromatic rings. The molecule has 1 amide bonds. The summed E-state index contributed by atoms with van der Waals surface area (Å²) in [6.07, 6.45) is 1.38. The SMILES string of the molecule is COc1ccccc1/C=C(/C(=O)OC(C)C(=O)NC1CCOc2ccccc21)c1ccccc1. The van der Waals surface area contributed by atoms with E-state index in [2.05, 4.69) is 5.32 Å². The Balaban J connectivity index is 1.52. The van der Waals surface area contributed by atoms with Crippen molar-refractivity contribution in [2.75, 3.05) is 13.7 Å². The van der Waals surface area contributed by atoms with Crippen LogP contribution in [0.5, 0.6) is 11.5 Å². The highest BCUT2D eigenvalue weighted by atomic mass is 16.5. The average Bonchev–Trinajstić information content (AvgIpc) is 2.88. The fourth-order valence-electron chi connectivity index (χ4n) is 3.88. The second-order valence-electron chi connectivity index (χ2n) is 7.95. The minimum atomic E-state index is -0.979. The molecule has 1 heterocycles. The molecular weight excluding hydrogens is 430 g/mol. The van der Waals surface area contributed by atoms with Crippen molar-refractivity contribution in [3.63, 3.8) is 0 Å². The number of carbonyl (C=O) groups is 2. The van der Waals surface area contributed by atoms with Crippen LogP contribution in [-0.4, -0.2) is 31.7 Å². The molecule has 0 aliphatic carbocycles. The van der Waals surface area contributed by atoms with Crippen LogP contribution in [0.25, 0.3) is 11.6 Å². The lowest BCUT2D eigenvalue weighted by molar-refractivity contribution is -0.149. The molecule has 0 aromatic heterocycles. The van der Waals surface area contributed by atoms with E-state index in [1.807, 2.05) is 78.9 Å². The zero-order valence-electron chi connectivity index (χ0n) is 19.2. The summed E-state index contributed by atoms with van der Waals surface area (Å²) in [7, 11) is 1.58. The number of esters is 1. The van der Waals surface area contributed by atoms with Gasteiger partial charge in [-0.05, 0) is 30.7 Å². The summed E-state index contributed by atoms with van der Waals surface area (Å²) < 4.78 is 16.7. The summed E-state index contributed by atoms with van der Waals surface area (Å²) in [6.45, 7) is 2.08. The summed E-state index contributed by atoms with van der Waals surface area (Å²) in [4.78, 5) is 26.1. The quantitative estimate of drug-likeness (QED) is 0.313. The van der Waals surface area contributed by atoms with E-state index in [4.69, 9.17) is 14.2 Å². The molecule has 174 valence electrons. The number of para-hydroxylation sites is 2. The van der Waals surface area contributed by atoms with E-state index >= 15 is 0 Å². The molecule has 6 nitrogen and oxygen atoms in total. The van der Waals surface area contributed by atoms with Gasteiger partial charge in [-0.3, -0.25) is 4.79 Å². The molecule has 0 fully saturated rings. The predicted octanol–water partition coefficient (Wildman–Crippen LogP) is 4.81. The van der Waals surface area contributed by atoms with Crippen LogP contribution in [0.3, 0.4) is 0 Å². The van der Waals surface area contributed by atoms with Crippen LogP contribution in [0.15, 0.2) is 78.9 Å². The van der Waals surface area contributed by atoms with E-state index in [1.165, 1.54) is 0 Å². The molecule has 0 bridgehead atoms. The number of benzene rings is 3. The van der Waals surface area contributed by atoms with Gasteiger partial charge < -0.3 is 19.5 Å². The molecular formula is C28H27NO5. The smallest absolute Gasteiger partial charge is 0.339 e. The molecule has 0 saturated heterocycles. The summed E-state index contributed by atoms with van der Waals surface area (Å²) >= 11 is 0. The Morgan fingerprint density at radius 3 is 2.50 bits per heavy atom. The number of amides is 1. The molecule has 3 aromatic carbocycles. The molecule has 0 spiro atoms. The highest BCUT2D eigenvalue weighted by Crippen LogP contribution is 2.32. The Hall–Kier alpha value is -4.06. The predicted molar refractivity (Wildman–Crippen MR) is 130 cm³/mol. The first-order valence-corrected chi connectivity index (χ1v) is 11.2. The second kappa shape index (κ2) is 10.7. The summed E-state index contributed by atoms with van der Waals surface area (Å²) in [5.74, 6) is 0.439. The number of hydrogen-bond donors (Lipinski definition) is 1. The van der Waals surface area contributed by atoms with Crippen molar-refractivity contribution >= 4 is 23.5 Å². The highest BCUT2D eigenvalue weighted by Gasteiger charge is 2.27. The van der Waals surface area contributed by atoms with Crippen LogP contribution < -0.4 is 14.8 Å². The van der Waals surface area contributed by atoms with Gasteiger partial charge in [-0.25, -0.2) is 4.79 Å².